The Bertz CT molecular complexity index is 1640. The number of ketones is 1. The Hall–Kier alpha value is -0.266. The normalized spacial score (nSPS) is 21.3. The molecule has 7 rings (SSSR count). The van der Waals surface area contributed by atoms with Gasteiger partial charge in [0.1, 0.15) is 11.3 Å². The van der Waals surface area contributed by atoms with Crippen LogP contribution in [-0.4, -0.2) is 51.0 Å². The van der Waals surface area contributed by atoms with Crippen LogP contribution in [0, 0.1) is 49.4 Å². The Balaban J connectivity index is 0.000000191. The van der Waals surface area contributed by atoms with Crippen molar-refractivity contribution in [3.05, 3.63) is 40.2 Å². The van der Waals surface area contributed by atoms with Gasteiger partial charge in [0.15, 0.2) is 5.56 Å². The molecular formula is C46H71EuF3O6P2. The van der Waals surface area contributed by atoms with E-state index in [9.17, 15) is 37.0 Å². The maximum absolute atomic E-state index is 14.3. The molecule has 1 aromatic carbocycles. The number of benzene rings is 1. The van der Waals surface area contributed by atoms with Crippen LogP contribution < -0.4 is 5.63 Å². The van der Waals surface area contributed by atoms with E-state index >= 15 is 0 Å². The van der Waals surface area contributed by atoms with Crippen molar-refractivity contribution >= 4 is 31.0 Å². The van der Waals surface area contributed by atoms with Gasteiger partial charge in [-0.05, 0) is 89.2 Å². The fourth-order valence-corrected chi connectivity index (χ4v) is 22.1. The van der Waals surface area contributed by atoms with Crippen LogP contribution in [0.25, 0.3) is 11.0 Å². The maximum atomic E-state index is 14.3. The molecule has 0 amide bonds. The van der Waals surface area contributed by atoms with E-state index in [1.165, 1.54) is 185 Å². The molecule has 0 unspecified atom stereocenters. The quantitative estimate of drug-likeness (QED) is 0.153. The smallest absolute Gasteiger partial charge is 0.455 e. The number of fused-ring (bicyclic) bond motifs is 1. The van der Waals surface area contributed by atoms with E-state index in [2.05, 4.69) is 18.3 Å². The van der Waals surface area contributed by atoms with Crippen molar-refractivity contribution in [2.24, 2.45) is 0 Å². The zero-order valence-corrected chi connectivity index (χ0v) is 39.5. The van der Waals surface area contributed by atoms with Crippen LogP contribution in [0.5, 0.6) is 5.75 Å². The van der Waals surface area contributed by atoms with Crippen LogP contribution in [0.4, 0.5) is 13.2 Å². The zero-order chi connectivity index (χ0) is 41.1. The minimum Gasteiger partial charge on any atom is -0.506 e. The molecule has 1 N–H and O–H groups in total. The molecule has 0 aliphatic heterocycles. The first kappa shape index (κ1) is 50.4. The largest absolute Gasteiger partial charge is 0.506 e. The molecule has 5 fully saturated rings. The Labute approximate surface area is 387 Å². The van der Waals surface area contributed by atoms with E-state index < -0.39 is 43.2 Å². The first-order valence-electron chi connectivity index (χ1n) is 22.9. The van der Waals surface area contributed by atoms with Crippen LogP contribution >= 0.6 is 14.3 Å². The summed E-state index contributed by atoms with van der Waals surface area (Å²) < 4.78 is 69.7. The monoisotopic (exact) mass is 991 g/mol. The summed E-state index contributed by atoms with van der Waals surface area (Å²) in [7, 11) is -3.93. The standard InChI is InChI=1S/C18H33OP.C17H33OP.C11H5F3O4.Eu/c19-20(16-10-4-1-5-11-16,17-12-6-2-7-13-17)18-14-8-3-9-15-18;1-3-15(4-2)19(18,16-11-7-5-8-12-16)17-13-9-6-10-14-17;12-11(13,14)9(16)7-8(15)5-3-1-2-4-6(5)18-10(7)17;/h16-18H,1-15H2;15-17H,3-14H2,1-2H3;1-4,15H;. The van der Waals surface area contributed by atoms with Crippen LogP contribution in [0.1, 0.15) is 198 Å². The van der Waals surface area contributed by atoms with E-state index in [1.807, 2.05) is 0 Å². The summed E-state index contributed by atoms with van der Waals surface area (Å²) in [6.07, 6.45) is 30.3. The number of Topliss-reactive ketones (excluding diaryl/α,β-unsaturated/α-hetero) is 1. The molecule has 5 saturated carbocycles. The SMILES string of the molecule is CCC(CC)P(=O)(C1CCCCC1)C1CCCCC1.O=C(c1c(O)c2ccccc2oc1=O)C(F)(F)F.O=P(C1CCCCC1)(C1CCCCC1)C1CCCCC1.[Eu]. The number of hydrogen-bond acceptors (Lipinski definition) is 6. The Morgan fingerprint density at radius 3 is 1.34 bits per heavy atom. The zero-order valence-electron chi connectivity index (χ0n) is 35.3. The average Bonchev–Trinajstić information content (AvgIpc) is 3.25. The topological polar surface area (TPSA) is 102 Å². The molecular weight excluding hydrogens is 919 g/mol. The fourth-order valence-electron chi connectivity index (χ4n) is 11.5. The van der Waals surface area contributed by atoms with Crippen LogP contribution in [0.2, 0.25) is 0 Å². The van der Waals surface area contributed by atoms with E-state index in [0.717, 1.165) is 12.8 Å². The summed E-state index contributed by atoms with van der Waals surface area (Å²) in [5.74, 6) is -3.45. The summed E-state index contributed by atoms with van der Waals surface area (Å²) in [5, 5.41) is 9.45. The van der Waals surface area contributed by atoms with Gasteiger partial charge in [-0.15, -0.1) is 0 Å². The number of para-hydroxylation sites is 1. The fraction of sp³-hybridized carbons (Fsp3) is 0.783. The van der Waals surface area contributed by atoms with Gasteiger partial charge >= 0.3 is 11.8 Å². The number of alkyl halides is 3. The predicted octanol–water partition coefficient (Wildman–Crippen LogP) is 14.8. The minimum atomic E-state index is -5.26. The molecule has 6 nitrogen and oxygen atoms in total. The van der Waals surface area contributed by atoms with Gasteiger partial charge in [0.05, 0.1) is 19.7 Å². The molecule has 2 aromatic rings. The van der Waals surface area contributed by atoms with Crippen LogP contribution in [0.15, 0.2) is 33.5 Å². The Morgan fingerprint density at radius 2 is 1.00 bits per heavy atom. The van der Waals surface area contributed by atoms with E-state index in [0.29, 0.717) is 34.0 Å². The third-order valence-corrected chi connectivity index (χ3v) is 24.7. The van der Waals surface area contributed by atoms with Crippen molar-refractivity contribution in [1.29, 1.82) is 0 Å². The molecule has 12 heteroatoms. The third kappa shape index (κ3) is 12.3. The number of hydrogen-bond donors (Lipinski definition) is 1. The van der Waals surface area contributed by atoms with Gasteiger partial charge in [-0.25, -0.2) is 4.79 Å². The molecule has 1 aromatic heterocycles. The van der Waals surface area contributed by atoms with Gasteiger partial charge in [0, 0.05) is 83.3 Å². The predicted molar refractivity (Wildman–Crippen MR) is 228 cm³/mol. The Kier molecular flexibility index (Phi) is 20.8. The number of halogens is 3. The van der Waals surface area contributed by atoms with Crippen molar-refractivity contribution in [1.82, 2.24) is 0 Å². The number of aromatic hydroxyl groups is 1. The van der Waals surface area contributed by atoms with Gasteiger partial charge < -0.3 is 18.7 Å². The summed E-state index contributed by atoms with van der Waals surface area (Å²) in [4.78, 5) is 22.3. The van der Waals surface area contributed by atoms with Gasteiger partial charge in [-0.3, -0.25) is 4.79 Å². The second kappa shape index (κ2) is 24.0. The number of carbonyl (C=O) groups is 1. The van der Waals surface area contributed by atoms with Crippen molar-refractivity contribution in [3.63, 3.8) is 0 Å². The molecule has 0 bridgehead atoms. The average molecular weight is 991 g/mol. The summed E-state index contributed by atoms with van der Waals surface area (Å²) in [6, 6.07) is 5.42. The number of rotatable bonds is 9. The molecule has 329 valence electrons. The van der Waals surface area contributed by atoms with Crippen LogP contribution in [-0.2, 0) is 9.13 Å². The van der Waals surface area contributed by atoms with Gasteiger partial charge in [0.25, 0.3) is 5.78 Å². The van der Waals surface area contributed by atoms with Crippen LogP contribution in [0.3, 0.4) is 0 Å². The molecule has 0 atom stereocenters. The Morgan fingerprint density at radius 1 is 0.655 bits per heavy atom. The molecule has 0 spiro atoms. The van der Waals surface area contributed by atoms with Crippen molar-refractivity contribution in [2.45, 2.75) is 227 Å². The maximum Gasteiger partial charge on any atom is 0.455 e. The van der Waals surface area contributed by atoms with E-state index in [4.69, 9.17) is 0 Å². The first-order valence-corrected chi connectivity index (χ1v) is 26.7. The van der Waals surface area contributed by atoms with Gasteiger partial charge in [0.2, 0.25) is 0 Å². The summed E-state index contributed by atoms with van der Waals surface area (Å²) >= 11 is 0. The molecule has 0 saturated heterocycles. The van der Waals surface area contributed by atoms with E-state index in [1.54, 1.807) is 0 Å². The molecule has 58 heavy (non-hydrogen) atoms. The van der Waals surface area contributed by atoms with Gasteiger partial charge in [-0.2, -0.15) is 13.2 Å². The van der Waals surface area contributed by atoms with Gasteiger partial charge in [-0.1, -0.05) is 122 Å². The molecule has 5 aliphatic rings. The third-order valence-electron chi connectivity index (χ3n) is 14.5. The molecule has 1 heterocycles. The summed E-state index contributed by atoms with van der Waals surface area (Å²) in [5.41, 5.74) is 0.572. The van der Waals surface area contributed by atoms with Crippen molar-refractivity contribution < 1.29 is 86.0 Å². The molecule has 5 aliphatic carbocycles. The molecule has 1 radical (unpaired) electrons. The van der Waals surface area contributed by atoms with Crippen molar-refractivity contribution in [2.75, 3.05) is 0 Å². The van der Waals surface area contributed by atoms with Crippen molar-refractivity contribution in [3.8, 4) is 5.75 Å². The number of carbonyl (C=O) groups excluding carboxylic acids is 1. The summed E-state index contributed by atoms with van der Waals surface area (Å²) in [6.45, 7) is 4.54. The second-order valence-electron chi connectivity index (χ2n) is 17.9. The first-order chi connectivity index (χ1) is 27.4. The minimum absolute atomic E-state index is 0. The van der Waals surface area contributed by atoms with E-state index in [-0.39, 0.29) is 60.3 Å². The second-order valence-corrected chi connectivity index (χ2v) is 25.3.